The standard InChI is InChI=1S/C23H20ClN3O2S/c1-15-11-20(16(2)27(15)13-17-7-4-3-5-8-17)21(28)14-30-23-26-25-22(29-23)18-9-6-10-19(24)12-18/h3-12H,13-14H2,1-2H3. The Morgan fingerprint density at radius 3 is 2.63 bits per heavy atom. The summed E-state index contributed by atoms with van der Waals surface area (Å²) in [7, 11) is 0. The number of aryl methyl sites for hydroxylation is 1. The van der Waals surface area contributed by atoms with Crippen LogP contribution < -0.4 is 0 Å². The summed E-state index contributed by atoms with van der Waals surface area (Å²) in [5.41, 5.74) is 4.70. The summed E-state index contributed by atoms with van der Waals surface area (Å²) in [6, 6.07) is 19.4. The number of rotatable bonds is 7. The van der Waals surface area contributed by atoms with Gasteiger partial charge in [-0.15, -0.1) is 10.2 Å². The second-order valence-electron chi connectivity index (χ2n) is 6.95. The van der Waals surface area contributed by atoms with E-state index < -0.39 is 0 Å². The highest BCUT2D eigenvalue weighted by Crippen LogP contribution is 2.26. The van der Waals surface area contributed by atoms with E-state index in [-0.39, 0.29) is 11.5 Å². The van der Waals surface area contributed by atoms with Gasteiger partial charge in [0, 0.05) is 34.1 Å². The lowest BCUT2D eigenvalue weighted by Crippen LogP contribution is -2.07. The highest BCUT2D eigenvalue weighted by Gasteiger charge is 2.18. The van der Waals surface area contributed by atoms with Gasteiger partial charge < -0.3 is 8.98 Å². The summed E-state index contributed by atoms with van der Waals surface area (Å²) in [5.74, 6) is 0.649. The Labute approximate surface area is 184 Å². The van der Waals surface area contributed by atoms with E-state index in [9.17, 15) is 4.79 Å². The summed E-state index contributed by atoms with van der Waals surface area (Å²) >= 11 is 7.25. The number of benzene rings is 2. The molecule has 0 radical (unpaired) electrons. The molecule has 0 bridgehead atoms. The van der Waals surface area contributed by atoms with Crippen LogP contribution in [0.5, 0.6) is 0 Å². The molecule has 0 spiro atoms. The minimum absolute atomic E-state index is 0.0370. The van der Waals surface area contributed by atoms with Crippen LogP contribution in [-0.4, -0.2) is 26.3 Å². The molecule has 0 amide bonds. The third kappa shape index (κ3) is 4.50. The molecule has 152 valence electrons. The zero-order valence-electron chi connectivity index (χ0n) is 16.6. The number of nitrogens with zero attached hydrogens (tertiary/aromatic N) is 3. The van der Waals surface area contributed by atoms with Crippen LogP contribution in [0.25, 0.3) is 11.5 Å². The van der Waals surface area contributed by atoms with Gasteiger partial charge >= 0.3 is 0 Å². The van der Waals surface area contributed by atoms with E-state index in [0.29, 0.717) is 16.1 Å². The Morgan fingerprint density at radius 2 is 1.87 bits per heavy atom. The van der Waals surface area contributed by atoms with Gasteiger partial charge in [0.2, 0.25) is 5.89 Å². The Morgan fingerprint density at radius 1 is 1.07 bits per heavy atom. The molecule has 0 aliphatic carbocycles. The van der Waals surface area contributed by atoms with Gasteiger partial charge in [-0.2, -0.15) is 0 Å². The number of Topliss-reactive ketones (excluding diaryl/α,β-unsaturated/α-hetero) is 1. The highest BCUT2D eigenvalue weighted by atomic mass is 35.5. The Balaban J connectivity index is 1.44. The van der Waals surface area contributed by atoms with Gasteiger partial charge in [0.1, 0.15) is 0 Å². The van der Waals surface area contributed by atoms with E-state index in [1.54, 1.807) is 12.1 Å². The third-order valence-corrected chi connectivity index (χ3v) is 5.92. The summed E-state index contributed by atoms with van der Waals surface area (Å²) in [6.45, 7) is 4.75. The molecular weight excluding hydrogens is 418 g/mol. The average Bonchev–Trinajstić information content (AvgIpc) is 3.33. The summed E-state index contributed by atoms with van der Waals surface area (Å²) < 4.78 is 7.84. The molecule has 0 unspecified atom stereocenters. The first-order chi connectivity index (χ1) is 14.5. The number of halogens is 1. The van der Waals surface area contributed by atoms with Crippen molar-refractivity contribution in [2.75, 3.05) is 5.75 Å². The van der Waals surface area contributed by atoms with Crippen molar-refractivity contribution < 1.29 is 9.21 Å². The van der Waals surface area contributed by atoms with Gasteiger partial charge in [-0.3, -0.25) is 4.79 Å². The monoisotopic (exact) mass is 437 g/mol. The fourth-order valence-corrected chi connectivity index (χ4v) is 4.14. The zero-order chi connectivity index (χ0) is 21.1. The maximum absolute atomic E-state index is 12.8. The molecule has 2 aromatic heterocycles. The van der Waals surface area contributed by atoms with Crippen molar-refractivity contribution in [2.45, 2.75) is 25.6 Å². The second kappa shape index (κ2) is 8.90. The first kappa shape index (κ1) is 20.4. The molecule has 5 nitrogen and oxygen atoms in total. The van der Waals surface area contributed by atoms with E-state index in [4.69, 9.17) is 16.0 Å². The molecule has 0 saturated carbocycles. The van der Waals surface area contributed by atoms with Gasteiger partial charge in [-0.05, 0) is 43.7 Å². The molecule has 0 N–H and O–H groups in total. The molecule has 4 aromatic rings. The molecule has 30 heavy (non-hydrogen) atoms. The van der Waals surface area contributed by atoms with Crippen LogP contribution in [0.15, 0.2) is 70.3 Å². The van der Waals surface area contributed by atoms with Crippen LogP contribution >= 0.6 is 23.4 Å². The maximum Gasteiger partial charge on any atom is 0.277 e. The Hall–Kier alpha value is -2.83. The van der Waals surface area contributed by atoms with Crippen molar-refractivity contribution in [1.82, 2.24) is 14.8 Å². The molecule has 0 fully saturated rings. The molecule has 0 saturated heterocycles. The van der Waals surface area contributed by atoms with Crippen LogP contribution in [-0.2, 0) is 6.54 Å². The molecule has 0 aliphatic heterocycles. The van der Waals surface area contributed by atoms with Crippen molar-refractivity contribution in [3.05, 3.63) is 88.2 Å². The van der Waals surface area contributed by atoms with Gasteiger partial charge in [0.05, 0.1) is 5.75 Å². The van der Waals surface area contributed by atoms with Crippen molar-refractivity contribution in [3.8, 4) is 11.5 Å². The van der Waals surface area contributed by atoms with Crippen molar-refractivity contribution in [1.29, 1.82) is 0 Å². The van der Waals surface area contributed by atoms with E-state index in [1.165, 1.54) is 17.3 Å². The molecule has 2 heterocycles. The lowest BCUT2D eigenvalue weighted by Gasteiger charge is -2.09. The fourth-order valence-electron chi connectivity index (χ4n) is 3.30. The lowest BCUT2D eigenvalue weighted by molar-refractivity contribution is 0.102. The first-order valence-corrected chi connectivity index (χ1v) is 10.8. The average molecular weight is 438 g/mol. The van der Waals surface area contributed by atoms with Crippen LogP contribution in [0.4, 0.5) is 0 Å². The van der Waals surface area contributed by atoms with Gasteiger partial charge in [-0.1, -0.05) is 59.8 Å². The topological polar surface area (TPSA) is 60.9 Å². The molecule has 0 aliphatic rings. The summed E-state index contributed by atoms with van der Waals surface area (Å²) in [6.07, 6.45) is 0. The maximum atomic E-state index is 12.8. The predicted octanol–water partition coefficient (Wildman–Crippen LogP) is 5.83. The quantitative estimate of drug-likeness (QED) is 0.269. The third-order valence-electron chi connectivity index (χ3n) is 4.86. The van der Waals surface area contributed by atoms with E-state index >= 15 is 0 Å². The molecule has 4 rings (SSSR count). The van der Waals surface area contributed by atoms with E-state index in [1.807, 2.05) is 50.2 Å². The van der Waals surface area contributed by atoms with Crippen molar-refractivity contribution >= 4 is 29.1 Å². The number of hydrogen-bond donors (Lipinski definition) is 0. The fraction of sp³-hybridized carbons (Fsp3) is 0.174. The number of carbonyl (C=O) groups is 1. The minimum atomic E-state index is 0.0370. The highest BCUT2D eigenvalue weighted by molar-refractivity contribution is 7.99. The number of aromatic nitrogens is 3. The zero-order valence-corrected chi connectivity index (χ0v) is 18.2. The smallest absolute Gasteiger partial charge is 0.277 e. The lowest BCUT2D eigenvalue weighted by atomic mass is 10.2. The number of carbonyl (C=O) groups excluding carboxylic acids is 1. The van der Waals surface area contributed by atoms with Gasteiger partial charge in [0.25, 0.3) is 5.22 Å². The van der Waals surface area contributed by atoms with E-state index in [2.05, 4.69) is 26.9 Å². The van der Waals surface area contributed by atoms with Crippen molar-refractivity contribution in [3.63, 3.8) is 0 Å². The van der Waals surface area contributed by atoms with Crippen LogP contribution in [0.1, 0.15) is 27.3 Å². The van der Waals surface area contributed by atoms with Crippen molar-refractivity contribution in [2.24, 2.45) is 0 Å². The van der Waals surface area contributed by atoms with E-state index in [0.717, 1.165) is 29.1 Å². The predicted molar refractivity (Wildman–Crippen MR) is 119 cm³/mol. The minimum Gasteiger partial charge on any atom is -0.411 e. The second-order valence-corrected chi connectivity index (χ2v) is 8.31. The number of hydrogen-bond acceptors (Lipinski definition) is 5. The molecular formula is C23H20ClN3O2S. The first-order valence-electron chi connectivity index (χ1n) is 9.47. The SMILES string of the molecule is Cc1cc(C(=O)CSc2nnc(-c3cccc(Cl)c3)o2)c(C)n1Cc1ccccc1. The Kier molecular flexibility index (Phi) is 6.06. The Bertz CT molecular complexity index is 1180. The van der Waals surface area contributed by atoms with Crippen LogP contribution in [0.2, 0.25) is 5.02 Å². The van der Waals surface area contributed by atoms with Gasteiger partial charge in [-0.25, -0.2) is 0 Å². The summed E-state index contributed by atoms with van der Waals surface area (Å²) in [4.78, 5) is 12.8. The summed E-state index contributed by atoms with van der Waals surface area (Å²) in [5, 5.41) is 9.04. The number of ketones is 1. The molecule has 2 aromatic carbocycles. The number of thioether (sulfide) groups is 1. The largest absolute Gasteiger partial charge is 0.411 e. The molecule has 7 heteroatoms. The van der Waals surface area contributed by atoms with Crippen LogP contribution in [0, 0.1) is 13.8 Å². The van der Waals surface area contributed by atoms with Crippen LogP contribution in [0.3, 0.4) is 0 Å². The molecule has 0 atom stereocenters. The normalized spacial score (nSPS) is 11.0. The van der Waals surface area contributed by atoms with Gasteiger partial charge in [0.15, 0.2) is 5.78 Å².